The van der Waals surface area contributed by atoms with Crippen molar-refractivity contribution in [1.82, 2.24) is 24.6 Å². The zero-order valence-electron chi connectivity index (χ0n) is 15.7. The SMILES string of the molecule is COC(c1ccccc1)c1nc2c(o1)CCN(C(=O)CSc1nncn1C)C2. The van der Waals surface area contributed by atoms with Gasteiger partial charge in [0.1, 0.15) is 17.8 Å². The van der Waals surface area contributed by atoms with E-state index >= 15 is 0 Å². The molecule has 2 aromatic heterocycles. The van der Waals surface area contributed by atoms with Gasteiger partial charge in [0.15, 0.2) is 11.3 Å². The third-order valence-corrected chi connectivity index (χ3v) is 5.67. The van der Waals surface area contributed by atoms with Gasteiger partial charge in [0, 0.05) is 27.1 Å². The van der Waals surface area contributed by atoms with Crippen molar-refractivity contribution in [3.05, 3.63) is 59.6 Å². The molecule has 3 aromatic rings. The van der Waals surface area contributed by atoms with Crippen LogP contribution in [0.1, 0.15) is 29.0 Å². The number of aromatic nitrogens is 4. The molecule has 28 heavy (non-hydrogen) atoms. The fraction of sp³-hybridized carbons (Fsp3) is 0.368. The Labute approximate surface area is 166 Å². The minimum Gasteiger partial charge on any atom is -0.442 e. The number of fused-ring (bicyclic) bond motifs is 1. The summed E-state index contributed by atoms with van der Waals surface area (Å²) in [5, 5.41) is 8.54. The molecule has 1 unspecified atom stereocenters. The first-order valence-corrected chi connectivity index (χ1v) is 9.95. The van der Waals surface area contributed by atoms with Crippen LogP contribution in [-0.2, 0) is 29.5 Å². The van der Waals surface area contributed by atoms with Crippen LogP contribution >= 0.6 is 11.8 Å². The number of carbonyl (C=O) groups is 1. The number of carbonyl (C=O) groups excluding carboxylic acids is 1. The number of nitrogens with zero attached hydrogens (tertiary/aromatic N) is 5. The number of rotatable bonds is 6. The number of thioether (sulfide) groups is 1. The molecule has 0 saturated heterocycles. The smallest absolute Gasteiger partial charge is 0.233 e. The molecule has 1 amide bonds. The lowest BCUT2D eigenvalue weighted by Crippen LogP contribution is -2.37. The number of benzene rings is 1. The van der Waals surface area contributed by atoms with Crippen LogP contribution in [0.25, 0.3) is 0 Å². The molecule has 1 aliphatic rings. The molecule has 1 atom stereocenters. The van der Waals surface area contributed by atoms with Crippen molar-refractivity contribution in [3.63, 3.8) is 0 Å². The van der Waals surface area contributed by atoms with Crippen LogP contribution in [-0.4, -0.2) is 50.0 Å². The Morgan fingerprint density at radius 2 is 2.18 bits per heavy atom. The van der Waals surface area contributed by atoms with Crippen molar-refractivity contribution in [2.75, 3.05) is 19.4 Å². The first kappa shape index (κ1) is 18.7. The highest BCUT2D eigenvalue weighted by molar-refractivity contribution is 7.99. The number of hydrogen-bond donors (Lipinski definition) is 0. The van der Waals surface area contributed by atoms with Crippen LogP contribution in [0.2, 0.25) is 0 Å². The summed E-state index contributed by atoms with van der Waals surface area (Å²) in [6.45, 7) is 1.06. The third kappa shape index (κ3) is 3.81. The molecular formula is C19H21N5O3S. The predicted molar refractivity (Wildman–Crippen MR) is 103 cm³/mol. The first-order chi connectivity index (χ1) is 13.7. The molecule has 9 heteroatoms. The Hall–Kier alpha value is -2.65. The normalized spacial score (nSPS) is 14.7. The predicted octanol–water partition coefficient (Wildman–Crippen LogP) is 2.22. The summed E-state index contributed by atoms with van der Waals surface area (Å²) in [6.07, 6.45) is 1.91. The fourth-order valence-electron chi connectivity index (χ4n) is 3.17. The Morgan fingerprint density at radius 1 is 1.36 bits per heavy atom. The van der Waals surface area contributed by atoms with Gasteiger partial charge in [0.2, 0.25) is 11.8 Å². The molecule has 0 saturated carbocycles. The Bertz CT molecular complexity index is 956. The Kier molecular flexibility index (Phi) is 5.45. The Morgan fingerprint density at radius 3 is 2.89 bits per heavy atom. The van der Waals surface area contributed by atoms with Gasteiger partial charge in [0.25, 0.3) is 0 Å². The van der Waals surface area contributed by atoms with Crippen LogP contribution in [0.3, 0.4) is 0 Å². The van der Waals surface area contributed by atoms with E-state index in [4.69, 9.17) is 9.15 Å². The van der Waals surface area contributed by atoms with Crippen molar-refractivity contribution in [3.8, 4) is 0 Å². The number of hydrogen-bond acceptors (Lipinski definition) is 7. The second kappa shape index (κ2) is 8.15. The number of ether oxygens (including phenoxy) is 1. The van der Waals surface area contributed by atoms with Gasteiger partial charge in [-0.2, -0.15) is 0 Å². The standard InChI is InChI=1S/C19H21N5O3S/c1-23-12-20-22-19(23)28-11-16(25)24-9-8-15-14(10-24)21-18(27-15)17(26-2)13-6-4-3-5-7-13/h3-7,12,17H,8-11H2,1-2H3. The fourth-order valence-corrected chi connectivity index (χ4v) is 3.96. The summed E-state index contributed by atoms with van der Waals surface area (Å²) in [7, 11) is 3.50. The van der Waals surface area contributed by atoms with Gasteiger partial charge < -0.3 is 18.6 Å². The molecule has 146 valence electrons. The van der Waals surface area contributed by atoms with E-state index in [1.165, 1.54) is 11.8 Å². The highest BCUT2D eigenvalue weighted by atomic mass is 32.2. The maximum absolute atomic E-state index is 12.6. The lowest BCUT2D eigenvalue weighted by Gasteiger charge is -2.25. The zero-order valence-corrected chi connectivity index (χ0v) is 16.6. The second-order valence-corrected chi connectivity index (χ2v) is 7.47. The monoisotopic (exact) mass is 399 g/mol. The van der Waals surface area contributed by atoms with Crippen molar-refractivity contribution in [2.24, 2.45) is 7.05 Å². The van der Waals surface area contributed by atoms with E-state index in [0.29, 0.717) is 31.2 Å². The third-order valence-electron chi connectivity index (χ3n) is 4.65. The van der Waals surface area contributed by atoms with E-state index in [2.05, 4.69) is 15.2 Å². The van der Waals surface area contributed by atoms with Crippen molar-refractivity contribution >= 4 is 17.7 Å². The summed E-state index contributed by atoms with van der Waals surface area (Å²) in [6, 6.07) is 9.84. The topological polar surface area (TPSA) is 86.3 Å². The molecule has 0 N–H and O–H groups in total. The van der Waals surface area contributed by atoms with Gasteiger partial charge in [-0.05, 0) is 5.56 Å². The highest BCUT2D eigenvalue weighted by Crippen LogP contribution is 2.29. The Balaban J connectivity index is 1.44. The van der Waals surface area contributed by atoms with Crippen molar-refractivity contribution < 1.29 is 13.9 Å². The molecule has 0 fully saturated rings. The van der Waals surface area contributed by atoms with E-state index < -0.39 is 0 Å². The van der Waals surface area contributed by atoms with E-state index in [-0.39, 0.29) is 12.0 Å². The summed E-state index contributed by atoms with van der Waals surface area (Å²) >= 11 is 1.38. The van der Waals surface area contributed by atoms with Crippen LogP contribution in [0, 0.1) is 0 Å². The van der Waals surface area contributed by atoms with E-state index in [9.17, 15) is 4.79 Å². The maximum Gasteiger partial charge on any atom is 0.233 e. The van der Waals surface area contributed by atoms with Gasteiger partial charge in [0.05, 0.1) is 12.3 Å². The molecule has 4 rings (SSSR count). The molecule has 1 aliphatic heterocycles. The molecule has 0 aliphatic carbocycles. The molecule has 8 nitrogen and oxygen atoms in total. The van der Waals surface area contributed by atoms with Gasteiger partial charge in [-0.1, -0.05) is 42.1 Å². The average Bonchev–Trinajstić information content (AvgIpc) is 3.32. The lowest BCUT2D eigenvalue weighted by molar-refractivity contribution is -0.129. The minimum absolute atomic E-state index is 0.0505. The van der Waals surface area contributed by atoms with Crippen LogP contribution in [0.15, 0.2) is 46.2 Å². The second-order valence-electron chi connectivity index (χ2n) is 6.53. The quantitative estimate of drug-likeness (QED) is 0.588. The maximum atomic E-state index is 12.6. The van der Waals surface area contributed by atoms with Crippen LogP contribution < -0.4 is 0 Å². The molecule has 1 aromatic carbocycles. The largest absolute Gasteiger partial charge is 0.442 e. The lowest BCUT2D eigenvalue weighted by atomic mass is 10.1. The van der Waals surface area contributed by atoms with Crippen molar-refractivity contribution in [2.45, 2.75) is 24.2 Å². The van der Waals surface area contributed by atoms with Gasteiger partial charge in [-0.3, -0.25) is 4.79 Å². The average molecular weight is 399 g/mol. The molecule has 0 spiro atoms. The number of oxazole rings is 1. The molecule has 0 bridgehead atoms. The highest BCUT2D eigenvalue weighted by Gasteiger charge is 2.28. The first-order valence-electron chi connectivity index (χ1n) is 8.96. The zero-order chi connectivity index (χ0) is 19.5. The summed E-state index contributed by atoms with van der Waals surface area (Å²) in [4.78, 5) is 19.0. The number of methoxy groups -OCH3 is 1. The van der Waals surface area contributed by atoms with Crippen molar-refractivity contribution in [1.29, 1.82) is 0 Å². The number of amides is 1. The molecule has 3 heterocycles. The van der Waals surface area contributed by atoms with Crippen LogP contribution in [0.4, 0.5) is 0 Å². The van der Waals surface area contributed by atoms with Gasteiger partial charge in [-0.15, -0.1) is 10.2 Å². The van der Waals surface area contributed by atoms with Gasteiger partial charge >= 0.3 is 0 Å². The van der Waals surface area contributed by atoms with E-state index in [0.717, 1.165) is 22.2 Å². The van der Waals surface area contributed by atoms with Crippen LogP contribution in [0.5, 0.6) is 0 Å². The molecule has 0 radical (unpaired) electrons. The number of aryl methyl sites for hydroxylation is 1. The van der Waals surface area contributed by atoms with E-state index in [1.54, 1.807) is 18.0 Å². The molecular weight excluding hydrogens is 378 g/mol. The summed E-state index contributed by atoms with van der Waals surface area (Å²) < 4.78 is 13.4. The summed E-state index contributed by atoms with van der Waals surface area (Å²) in [5.74, 6) is 1.73. The summed E-state index contributed by atoms with van der Waals surface area (Å²) in [5.41, 5.74) is 1.79. The minimum atomic E-state index is -0.359. The van der Waals surface area contributed by atoms with Gasteiger partial charge in [-0.25, -0.2) is 4.98 Å². The van der Waals surface area contributed by atoms with E-state index in [1.807, 2.05) is 42.3 Å².